The summed E-state index contributed by atoms with van der Waals surface area (Å²) in [5, 5.41) is 3.77. The molecule has 0 aromatic heterocycles. The van der Waals surface area contributed by atoms with Crippen LogP contribution in [-0.4, -0.2) is 12.1 Å². The summed E-state index contributed by atoms with van der Waals surface area (Å²) in [6.45, 7) is 2.25. The smallest absolute Gasteiger partial charge is 0.0139 e. The highest BCUT2D eigenvalue weighted by Crippen LogP contribution is 2.38. The first-order valence-corrected chi connectivity index (χ1v) is 6.16. The first-order chi connectivity index (χ1) is 7.34. The van der Waals surface area contributed by atoms with Crippen molar-refractivity contribution >= 4 is 0 Å². The van der Waals surface area contributed by atoms with Gasteiger partial charge in [-0.1, -0.05) is 24.3 Å². The predicted octanol–water partition coefficient (Wildman–Crippen LogP) is 2.99. The molecule has 80 valence electrons. The number of benzene rings is 1. The van der Waals surface area contributed by atoms with E-state index in [0.29, 0.717) is 0 Å². The van der Waals surface area contributed by atoms with Crippen molar-refractivity contribution in [1.29, 1.82) is 0 Å². The summed E-state index contributed by atoms with van der Waals surface area (Å²) in [6.07, 6.45) is 5.53. The van der Waals surface area contributed by atoms with Crippen LogP contribution in [0.15, 0.2) is 24.3 Å². The van der Waals surface area contributed by atoms with Gasteiger partial charge in [-0.2, -0.15) is 0 Å². The third kappa shape index (κ3) is 1.59. The van der Waals surface area contributed by atoms with Crippen LogP contribution in [0.4, 0.5) is 0 Å². The summed E-state index contributed by atoms with van der Waals surface area (Å²) in [4.78, 5) is 0. The van der Waals surface area contributed by atoms with Crippen molar-refractivity contribution in [3.63, 3.8) is 0 Å². The van der Waals surface area contributed by atoms with Gasteiger partial charge in [0.05, 0.1) is 0 Å². The minimum atomic E-state index is 0.754. The first-order valence-electron chi connectivity index (χ1n) is 6.16. The number of nitrogens with one attached hydrogen (secondary N) is 1. The SMILES string of the molecule is Cc1ccccc1C1CCC2CCC1N2. The monoisotopic (exact) mass is 201 g/mol. The van der Waals surface area contributed by atoms with Gasteiger partial charge in [0.1, 0.15) is 0 Å². The van der Waals surface area contributed by atoms with Gasteiger partial charge >= 0.3 is 0 Å². The van der Waals surface area contributed by atoms with Crippen LogP contribution in [-0.2, 0) is 0 Å². The van der Waals surface area contributed by atoms with Crippen LogP contribution in [0, 0.1) is 6.92 Å². The topological polar surface area (TPSA) is 12.0 Å². The van der Waals surface area contributed by atoms with Gasteiger partial charge in [-0.15, -0.1) is 0 Å². The molecule has 1 N–H and O–H groups in total. The molecule has 0 radical (unpaired) electrons. The predicted molar refractivity (Wildman–Crippen MR) is 63.1 cm³/mol. The highest BCUT2D eigenvalue weighted by atomic mass is 15.0. The molecule has 0 amide bonds. The van der Waals surface area contributed by atoms with E-state index in [2.05, 4.69) is 36.5 Å². The van der Waals surface area contributed by atoms with Crippen molar-refractivity contribution in [2.24, 2.45) is 0 Å². The highest BCUT2D eigenvalue weighted by molar-refractivity contribution is 5.31. The maximum Gasteiger partial charge on any atom is 0.0139 e. The Bertz CT molecular complexity index is 358. The Morgan fingerprint density at radius 2 is 1.87 bits per heavy atom. The largest absolute Gasteiger partial charge is 0.311 e. The molecule has 1 aromatic carbocycles. The van der Waals surface area contributed by atoms with Crippen LogP contribution in [0.1, 0.15) is 42.7 Å². The van der Waals surface area contributed by atoms with E-state index in [9.17, 15) is 0 Å². The molecule has 15 heavy (non-hydrogen) atoms. The summed E-state index contributed by atoms with van der Waals surface area (Å²) >= 11 is 0. The molecule has 2 aliphatic heterocycles. The maximum absolute atomic E-state index is 3.77. The molecule has 0 aliphatic carbocycles. The molecule has 1 nitrogen and oxygen atoms in total. The van der Waals surface area contributed by atoms with Gasteiger partial charge in [0.15, 0.2) is 0 Å². The van der Waals surface area contributed by atoms with E-state index in [-0.39, 0.29) is 0 Å². The van der Waals surface area contributed by atoms with E-state index in [0.717, 1.165) is 18.0 Å². The van der Waals surface area contributed by atoms with Gasteiger partial charge in [0, 0.05) is 12.1 Å². The second-order valence-corrected chi connectivity index (χ2v) is 5.09. The summed E-state index contributed by atoms with van der Waals surface area (Å²) < 4.78 is 0. The summed E-state index contributed by atoms with van der Waals surface area (Å²) in [5.41, 5.74) is 3.05. The lowest BCUT2D eigenvalue weighted by Gasteiger charge is -2.31. The van der Waals surface area contributed by atoms with Gasteiger partial charge in [-0.05, 0) is 49.7 Å². The lowest BCUT2D eigenvalue weighted by atomic mass is 9.83. The van der Waals surface area contributed by atoms with Gasteiger partial charge in [0.25, 0.3) is 0 Å². The van der Waals surface area contributed by atoms with Crippen molar-refractivity contribution in [3.8, 4) is 0 Å². The number of fused-ring (bicyclic) bond motifs is 2. The Morgan fingerprint density at radius 3 is 2.73 bits per heavy atom. The summed E-state index contributed by atoms with van der Waals surface area (Å²) in [5.74, 6) is 0.768. The number of hydrogen-bond donors (Lipinski definition) is 1. The maximum atomic E-state index is 3.77. The molecule has 2 bridgehead atoms. The molecule has 2 aliphatic rings. The van der Waals surface area contributed by atoms with Crippen LogP contribution >= 0.6 is 0 Å². The molecule has 3 unspecified atom stereocenters. The highest BCUT2D eigenvalue weighted by Gasteiger charge is 2.36. The quantitative estimate of drug-likeness (QED) is 0.736. The van der Waals surface area contributed by atoms with Crippen molar-refractivity contribution < 1.29 is 0 Å². The van der Waals surface area contributed by atoms with Crippen LogP contribution < -0.4 is 5.32 Å². The molecular weight excluding hydrogens is 182 g/mol. The molecule has 3 rings (SSSR count). The van der Waals surface area contributed by atoms with E-state index in [1.54, 1.807) is 5.56 Å². The fourth-order valence-corrected chi connectivity index (χ4v) is 3.35. The van der Waals surface area contributed by atoms with E-state index in [4.69, 9.17) is 0 Å². The van der Waals surface area contributed by atoms with Gasteiger partial charge < -0.3 is 5.32 Å². The Kier molecular flexibility index (Phi) is 2.28. The second-order valence-electron chi connectivity index (χ2n) is 5.09. The van der Waals surface area contributed by atoms with Crippen LogP contribution in [0.2, 0.25) is 0 Å². The van der Waals surface area contributed by atoms with Gasteiger partial charge in [-0.25, -0.2) is 0 Å². The second kappa shape index (κ2) is 3.64. The molecule has 2 fully saturated rings. The van der Waals surface area contributed by atoms with Crippen LogP contribution in [0.3, 0.4) is 0 Å². The van der Waals surface area contributed by atoms with Gasteiger partial charge in [0.2, 0.25) is 0 Å². The van der Waals surface area contributed by atoms with Crippen molar-refractivity contribution in [2.45, 2.75) is 50.6 Å². The van der Waals surface area contributed by atoms with E-state index in [1.165, 1.54) is 31.2 Å². The lowest BCUT2D eigenvalue weighted by Crippen LogP contribution is -2.39. The fraction of sp³-hybridized carbons (Fsp3) is 0.571. The number of hydrogen-bond acceptors (Lipinski definition) is 1. The molecule has 1 aromatic rings. The fourth-order valence-electron chi connectivity index (χ4n) is 3.35. The average molecular weight is 201 g/mol. The van der Waals surface area contributed by atoms with E-state index in [1.807, 2.05) is 0 Å². The summed E-state index contributed by atoms with van der Waals surface area (Å²) in [6, 6.07) is 10.5. The Balaban J connectivity index is 1.90. The lowest BCUT2D eigenvalue weighted by molar-refractivity contribution is 0.358. The molecular formula is C14H19N. The minimum absolute atomic E-state index is 0.754. The summed E-state index contributed by atoms with van der Waals surface area (Å²) in [7, 11) is 0. The first kappa shape index (κ1) is 9.41. The normalized spacial score (nSPS) is 34.3. The van der Waals surface area contributed by atoms with Crippen LogP contribution in [0.5, 0.6) is 0 Å². The zero-order valence-electron chi connectivity index (χ0n) is 9.37. The molecule has 0 saturated carbocycles. The third-order valence-electron chi connectivity index (χ3n) is 4.18. The number of piperidine rings is 1. The van der Waals surface area contributed by atoms with Gasteiger partial charge in [-0.3, -0.25) is 0 Å². The van der Waals surface area contributed by atoms with Crippen LogP contribution in [0.25, 0.3) is 0 Å². The minimum Gasteiger partial charge on any atom is -0.311 e. The van der Waals surface area contributed by atoms with Crippen molar-refractivity contribution in [3.05, 3.63) is 35.4 Å². The van der Waals surface area contributed by atoms with Crippen molar-refractivity contribution in [1.82, 2.24) is 5.32 Å². The standard InChI is InChI=1S/C14H19N/c1-10-4-2-3-5-12(10)13-8-6-11-7-9-14(13)15-11/h2-5,11,13-15H,6-9H2,1H3. The zero-order chi connectivity index (χ0) is 10.3. The average Bonchev–Trinajstić information content (AvgIpc) is 2.63. The molecule has 2 saturated heterocycles. The Hall–Kier alpha value is -0.820. The molecule has 0 spiro atoms. The Labute approximate surface area is 91.9 Å². The zero-order valence-corrected chi connectivity index (χ0v) is 9.37. The number of aryl methyl sites for hydroxylation is 1. The Morgan fingerprint density at radius 1 is 1.07 bits per heavy atom. The molecule has 2 heterocycles. The van der Waals surface area contributed by atoms with E-state index < -0.39 is 0 Å². The third-order valence-corrected chi connectivity index (χ3v) is 4.18. The molecule has 3 atom stereocenters. The molecule has 1 heteroatoms. The number of rotatable bonds is 1. The van der Waals surface area contributed by atoms with Crippen molar-refractivity contribution in [2.75, 3.05) is 0 Å². The van der Waals surface area contributed by atoms with E-state index >= 15 is 0 Å².